The molecule has 1 atom stereocenters. The second-order valence-corrected chi connectivity index (χ2v) is 7.69. The maximum absolute atomic E-state index is 6.28. The average Bonchev–Trinajstić information content (AvgIpc) is 2.92. The minimum Gasteiger partial charge on any atom is -0.459 e. The van der Waals surface area contributed by atoms with Gasteiger partial charge >= 0.3 is 0 Å². The van der Waals surface area contributed by atoms with E-state index in [0.717, 1.165) is 29.9 Å². The van der Waals surface area contributed by atoms with Crippen LogP contribution in [-0.2, 0) is 0 Å². The van der Waals surface area contributed by atoms with E-state index < -0.39 is 0 Å². The summed E-state index contributed by atoms with van der Waals surface area (Å²) >= 11 is 8.58. The molecule has 0 saturated heterocycles. The molecule has 0 saturated carbocycles. The van der Waals surface area contributed by atoms with Crippen molar-refractivity contribution in [2.75, 3.05) is 0 Å². The third-order valence-corrected chi connectivity index (χ3v) is 6.31. The van der Waals surface area contributed by atoms with Crippen molar-refractivity contribution in [1.82, 2.24) is 0 Å². The van der Waals surface area contributed by atoms with Crippen LogP contribution in [0.15, 0.2) is 43.0 Å². The minimum atomic E-state index is -0.236. The number of fused-ring (bicyclic) bond motifs is 1. The first-order valence-corrected chi connectivity index (χ1v) is 8.15. The number of rotatable bonds is 2. The lowest BCUT2D eigenvalue weighted by atomic mass is 10.1. The molecule has 2 aromatic heterocycles. The maximum Gasteiger partial charge on any atom is 0.134 e. The normalized spacial score (nSPS) is 13.1. The highest BCUT2D eigenvalue weighted by atomic mass is 79.9. The predicted molar refractivity (Wildman–Crippen MR) is 86.7 cm³/mol. The molecular formula is C14H11Br2NOS. The fraction of sp³-hybridized carbons (Fsp3) is 0.143. The van der Waals surface area contributed by atoms with Crippen molar-refractivity contribution in [2.45, 2.75) is 13.0 Å². The molecule has 2 N–H and O–H groups in total. The van der Waals surface area contributed by atoms with Crippen LogP contribution in [0.2, 0.25) is 0 Å². The third kappa shape index (κ3) is 2.52. The van der Waals surface area contributed by atoms with E-state index in [9.17, 15) is 0 Å². The predicted octanol–water partition coefficient (Wildman–Crippen LogP) is 5.38. The molecule has 5 heteroatoms. The van der Waals surface area contributed by atoms with Crippen LogP contribution < -0.4 is 5.73 Å². The van der Waals surface area contributed by atoms with Crippen molar-refractivity contribution < 1.29 is 4.42 Å². The van der Waals surface area contributed by atoms with E-state index in [2.05, 4.69) is 44.8 Å². The van der Waals surface area contributed by atoms with Gasteiger partial charge in [0, 0.05) is 14.7 Å². The zero-order chi connectivity index (χ0) is 13.6. The summed E-state index contributed by atoms with van der Waals surface area (Å²) in [5.74, 6) is 0.793. The van der Waals surface area contributed by atoms with Gasteiger partial charge in [0.1, 0.15) is 11.3 Å². The molecule has 0 aliphatic rings. The Hall–Kier alpha value is -0.620. The van der Waals surface area contributed by atoms with E-state index in [1.807, 2.05) is 24.3 Å². The van der Waals surface area contributed by atoms with E-state index in [1.165, 1.54) is 5.56 Å². The summed E-state index contributed by atoms with van der Waals surface area (Å²) in [6, 6.07) is 9.95. The molecule has 0 radical (unpaired) electrons. The van der Waals surface area contributed by atoms with Crippen molar-refractivity contribution >= 4 is 54.2 Å². The lowest BCUT2D eigenvalue weighted by Gasteiger charge is -2.04. The largest absolute Gasteiger partial charge is 0.459 e. The topological polar surface area (TPSA) is 39.2 Å². The van der Waals surface area contributed by atoms with Gasteiger partial charge in [-0.25, -0.2) is 0 Å². The summed E-state index contributed by atoms with van der Waals surface area (Å²) in [5, 5.41) is 1.10. The number of benzene rings is 1. The van der Waals surface area contributed by atoms with Crippen LogP contribution in [-0.4, -0.2) is 0 Å². The SMILES string of the molecule is Cc1ccc2oc(C(N)c3cc(Br)c(Br)s3)cc2c1. The summed E-state index contributed by atoms with van der Waals surface area (Å²) in [5.41, 5.74) is 8.37. The molecule has 98 valence electrons. The average molecular weight is 401 g/mol. The molecule has 0 bridgehead atoms. The summed E-state index contributed by atoms with van der Waals surface area (Å²) in [6.07, 6.45) is 0. The van der Waals surface area contributed by atoms with Crippen molar-refractivity contribution in [2.24, 2.45) is 5.73 Å². The lowest BCUT2D eigenvalue weighted by molar-refractivity contribution is 0.528. The minimum absolute atomic E-state index is 0.236. The highest BCUT2D eigenvalue weighted by molar-refractivity contribution is 9.13. The molecule has 19 heavy (non-hydrogen) atoms. The van der Waals surface area contributed by atoms with Crippen LogP contribution in [0.25, 0.3) is 11.0 Å². The smallest absolute Gasteiger partial charge is 0.134 e. The Morgan fingerprint density at radius 3 is 2.68 bits per heavy atom. The van der Waals surface area contributed by atoms with Crippen LogP contribution in [0.5, 0.6) is 0 Å². The second-order valence-electron chi connectivity index (χ2n) is 4.44. The first-order valence-electron chi connectivity index (χ1n) is 5.75. The number of furan rings is 1. The van der Waals surface area contributed by atoms with E-state index in [4.69, 9.17) is 10.2 Å². The molecule has 0 fully saturated rings. The Morgan fingerprint density at radius 2 is 2.00 bits per heavy atom. The van der Waals surface area contributed by atoms with Crippen LogP contribution in [0.3, 0.4) is 0 Å². The van der Waals surface area contributed by atoms with Crippen LogP contribution in [0.4, 0.5) is 0 Å². The number of aryl methyl sites for hydroxylation is 1. The zero-order valence-corrected chi connectivity index (χ0v) is 14.1. The van der Waals surface area contributed by atoms with Gasteiger partial charge in [-0.3, -0.25) is 0 Å². The monoisotopic (exact) mass is 399 g/mol. The Labute approximate surface area is 131 Å². The number of hydrogen-bond donors (Lipinski definition) is 1. The van der Waals surface area contributed by atoms with Gasteiger partial charge < -0.3 is 10.2 Å². The first-order chi connectivity index (χ1) is 9.04. The van der Waals surface area contributed by atoms with Gasteiger partial charge in [0.15, 0.2) is 0 Å². The molecule has 0 aliphatic heterocycles. The number of halogens is 2. The van der Waals surface area contributed by atoms with E-state index >= 15 is 0 Å². The van der Waals surface area contributed by atoms with Crippen LogP contribution >= 0.6 is 43.2 Å². The van der Waals surface area contributed by atoms with Gasteiger partial charge in [-0.2, -0.15) is 0 Å². The Balaban J connectivity index is 2.03. The Kier molecular flexibility index (Phi) is 3.55. The van der Waals surface area contributed by atoms with E-state index in [0.29, 0.717) is 0 Å². The van der Waals surface area contributed by atoms with Crippen molar-refractivity contribution in [3.63, 3.8) is 0 Å². The third-order valence-electron chi connectivity index (χ3n) is 2.97. The highest BCUT2D eigenvalue weighted by Crippen LogP contribution is 2.37. The van der Waals surface area contributed by atoms with Crippen molar-refractivity contribution in [3.05, 3.63) is 54.8 Å². The number of thiophene rings is 1. The summed E-state index contributed by atoms with van der Waals surface area (Å²) in [6.45, 7) is 2.07. The molecular weight excluding hydrogens is 390 g/mol. The highest BCUT2D eigenvalue weighted by Gasteiger charge is 2.17. The van der Waals surface area contributed by atoms with Crippen LogP contribution in [0, 0.1) is 6.92 Å². The molecule has 2 nitrogen and oxygen atoms in total. The molecule has 0 spiro atoms. The standard InChI is InChI=1S/C14H11Br2NOS/c1-7-2-3-10-8(4-7)5-11(18-10)13(17)12-6-9(15)14(16)19-12/h2-6,13H,17H2,1H3. The van der Waals surface area contributed by atoms with Gasteiger partial charge in [-0.15, -0.1) is 11.3 Å². The molecule has 0 amide bonds. The summed E-state index contributed by atoms with van der Waals surface area (Å²) < 4.78 is 7.91. The van der Waals surface area contributed by atoms with Gasteiger partial charge in [0.2, 0.25) is 0 Å². The van der Waals surface area contributed by atoms with Gasteiger partial charge in [-0.1, -0.05) is 11.6 Å². The number of hydrogen-bond acceptors (Lipinski definition) is 3. The molecule has 3 rings (SSSR count). The molecule has 3 aromatic rings. The Bertz CT molecular complexity index is 728. The molecule has 0 aliphatic carbocycles. The second kappa shape index (κ2) is 5.05. The zero-order valence-electron chi connectivity index (χ0n) is 10.1. The van der Waals surface area contributed by atoms with Gasteiger partial charge in [0.05, 0.1) is 9.83 Å². The summed E-state index contributed by atoms with van der Waals surface area (Å²) in [7, 11) is 0. The maximum atomic E-state index is 6.28. The molecule has 2 heterocycles. The molecule has 1 unspecified atom stereocenters. The van der Waals surface area contributed by atoms with Gasteiger partial charge in [-0.05, 0) is 63.0 Å². The van der Waals surface area contributed by atoms with Gasteiger partial charge in [0.25, 0.3) is 0 Å². The van der Waals surface area contributed by atoms with Crippen molar-refractivity contribution in [1.29, 1.82) is 0 Å². The first kappa shape index (κ1) is 13.4. The van der Waals surface area contributed by atoms with E-state index in [1.54, 1.807) is 11.3 Å². The lowest BCUT2D eigenvalue weighted by Crippen LogP contribution is -2.08. The van der Waals surface area contributed by atoms with Crippen LogP contribution in [0.1, 0.15) is 22.2 Å². The fourth-order valence-corrected chi connectivity index (χ4v) is 4.09. The fourth-order valence-electron chi connectivity index (χ4n) is 1.99. The Morgan fingerprint density at radius 1 is 1.21 bits per heavy atom. The summed E-state index contributed by atoms with van der Waals surface area (Å²) in [4.78, 5) is 1.06. The van der Waals surface area contributed by atoms with Crippen molar-refractivity contribution in [3.8, 4) is 0 Å². The molecule has 1 aromatic carbocycles. The van der Waals surface area contributed by atoms with E-state index in [-0.39, 0.29) is 6.04 Å². The quantitative estimate of drug-likeness (QED) is 0.627. The number of nitrogens with two attached hydrogens (primary N) is 1.